The summed E-state index contributed by atoms with van der Waals surface area (Å²) in [5.41, 5.74) is 1.20. The van der Waals surface area contributed by atoms with Gasteiger partial charge < -0.3 is 30.5 Å². The van der Waals surface area contributed by atoms with Crippen LogP contribution in [0.1, 0.15) is 31.2 Å². The van der Waals surface area contributed by atoms with Crippen LogP contribution in [0.15, 0.2) is 36.6 Å². The number of unbranched alkanes of at least 4 members (excludes halogenated alkanes) is 3. The zero-order valence-electron chi connectivity index (χ0n) is 17.5. The molecule has 0 aliphatic rings. The van der Waals surface area contributed by atoms with Gasteiger partial charge in [0.05, 0.1) is 26.0 Å². The van der Waals surface area contributed by atoms with Crippen LogP contribution < -0.4 is 20.7 Å². The van der Waals surface area contributed by atoms with E-state index in [0.717, 1.165) is 37.5 Å². The van der Waals surface area contributed by atoms with E-state index < -0.39 is 23.9 Å². The highest BCUT2D eigenvalue weighted by atomic mass is 16.5. The Balaban J connectivity index is 2.07. The van der Waals surface area contributed by atoms with Crippen molar-refractivity contribution in [3.8, 4) is 5.75 Å². The minimum Gasteiger partial charge on any atom is -0.501 e. The molecule has 0 saturated carbocycles. The lowest BCUT2D eigenvalue weighted by Crippen LogP contribution is -2.49. The quantitative estimate of drug-likeness (QED) is 0.207. The second kappa shape index (κ2) is 14.7. The smallest absolute Gasteiger partial charge is 0.328 e. The van der Waals surface area contributed by atoms with Gasteiger partial charge in [-0.15, -0.1) is 0 Å². The minimum absolute atomic E-state index is 0.233. The van der Waals surface area contributed by atoms with Gasteiger partial charge in [-0.3, -0.25) is 4.79 Å². The third-order valence-corrected chi connectivity index (χ3v) is 4.07. The average Bonchev–Trinajstić information content (AvgIpc) is 2.73. The zero-order valence-corrected chi connectivity index (χ0v) is 17.5. The van der Waals surface area contributed by atoms with Crippen molar-refractivity contribution >= 4 is 17.9 Å². The second-order valence-electron chi connectivity index (χ2n) is 6.61. The third-order valence-electron chi connectivity index (χ3n) is 4.07. The molecule has 9 nitrogen and oxygen atoms in total. The van der Waals surface area contributed by atoms with Crippen LogP contribution in [0.5, 0.6) is 5.75 Å². The van der Waals surface area contributed by atoms with Crippen LogP contribution in [0, 0.1) is 6.92 Å². The number of carboxylic acids is 1. The van der Waals surface area contributed by atoms with Gasteiger partial charge in [-0.1, -0.05) is 17.7 Å². The Morgan fingerprint density at radius 1 is 1.07 bits per heavy atom. The molecule has 0 heterocycles. The lowest BCUT2D eigenvalue weighted by molar-refractivity contribution is -0.141. The molecule has 0 aliphatic carbocycles. The maximum absolute atomic E-state index is 11.7. The largest absolute Gasteiger partial charge is 0.501 e. The van der Waals surface area contributed by atoms with Crippen molar-refractivity contribution in [2.45, 2.75) is 38.6 Å². The van der Waals surface area contributed by atoms with Crippen LogP contribution in [0.25, 0.3) is 0 Å². The molecule has 1 rings (SSSR count). The van der Waals surface area contributed by atoms with E-state index in [2.05, 4.69) is 16.0 Å². The Kier molecular flexibility index (Phi) is 12.2. The Hall–Kier alpha value is -3.23. The van der Waals surface area contributed by atoms with Crippen molar-refractivity contribution in [1.82, 2.24) is 16.0 Å². The normalized spacial score (nSPS) is 11.5. The predicted molar refractivity (Wildman–Crippen MR) is 112 cm³/mol. The fraction of sp³-hybridized carbons (Fsp3) is 0.476. The Labute approximate surface area is 176 Å². The number of carboxylic acid groups (broad SMARTS) is 1. The first-order valence-corrected chi connectivity index (χ1v) is 9.89. The molecule has 4 N–H and O–H groups in total. The van der Waals surface area contributed by atoms with Gasteiger partial charge in [0.2, 0.25) is 5.91 Å². The van der Waals surface area contributed by atoms with Crippen LogP contribution in [0.3, 0.4) is 0 Å². The molecule has 30 heavy (non-hydrogen) atoms. The van der Waals surface area contributed by atoms with Gasteiger partial charge in [0.15, 0.2) is 0 Å². The number of nitrogens with one attached hydrogen (secondary N) is 3. The number of aliphatic carboxylic acids is 1. The van der Waals surface area contributed by atoms with Crippen LogP contribution in [-0.4, -0.2) is 55.9 Å². The summed E-state index contributed by atoms with van der Waals surface area (Å²) in [4.78, 5) is 33.9. The molecule has 0 radical (unpaired) electrons. The molecule has 0 fully saturated rings. The number of amides is 3. The van der Waals surface area contributed by atoms with Crippen LogP contribution >= 0.6 is 0 Å². The number of carbonyl (C=O) groups excluding carboxylic acids is 2. The standard InChI is InChI=1S/C21H31N3O6/c1-16-7-9-17(10-8-16)30-13-6-4-3-5-12-29-14-11-19(25)24-18(20(26)27)15-23-21(28)22-2/h7-11,14,18H,3-6,12-13,15H2,1-2H3,(H,24,25)(H,26,27)(H2,22,23,28). The number of rotatable bonds is 14. The molecule has 1 unspecified atom stereocenters. The van der Waals surface area contributed by atoms with Gasteiger partial charge in [-0.05, 0) is 44.7 Å². The Morgan fingerprint density at radius 3 is 2.37 bits per heavy atom. The summed E-state index contributed by atoms with van der Waals surface area (Å²) in [6, 6.07) is 6.19. The van der Waals surface area contributed by atoms with Crippen LogP contribution in [-0.2, 0) is 14.3 Å². The highest BCUT2D eigenvalue weighted by molar-refractivity contribution is 5.91. The topological polar surface area (TPSA) is 126 Å². The number of benzene rings is 1. The Morgan fingerprint density at radius 2 is 1.73 bits per heavy atom. The van der Waals surface area contributed by atoms with E-state index in [1.807, 2.05) is 31.2 Å². The van der Waals surface area contributed by atoms with E-state index in [9.17, 15) is 14.4 Å². The lowest BCUT2D eigenvalue weighted by atomic mass is 10.2. The zero-order chi connectivity index (χ0) is 22.2. The first kappa shape index (κ1) is 24.8. The van der Waals surface area contributed by atoms with E-state index >= 15 is 0 Å². The monoisotopic (exact) mass is 421 g/mol. The third kappa shape index (κ3) is 11.6. The number of hydrogen-bond donors (Lipinski definition) is 4. The van der Waals surface area contributed by atoms with Crippen molar-refractivity contribution in [2.75, 3.05) is 26.8 Å². The predicted octanol–water partition coefficient (Wildman–Crippen LogP) is 1.96. The molecule has 0 aliphatic heterocycles. The van der Waals surface area contributed by atoms with E-state index in [4.69, 9.17) is 14.6 Å². The van der Waals surface area contributed by atoms with Gasteiger partial charge in [0.1, 0.15) is 11.8 Å². The molecule has 0 saturated heterocycles. The Bertz CT molecular complexity index is 690. The molecular weight excluding hydrogens is 390 g/mol. The van der Waals surface area contributed by atoms with Crippen molar-refractivity contribution < 1.29 is 29.0 Å². The summed E-state index contributed by atoms with van der Waals surface area (Å²) >= 11 is 0. The number of carbonyl (C=O) groups is 3. The minimum atomic E-state index is -1.25. The number of urea groups is 1. The van der Waals surface area contributed by atoms with E-state index in [1.54, 1.807) is 0 Å². The molecule has 0 spiro atoms. The van der Waals surface area contributed by atoms with Crippen molar-refractivity contribution in [1.29, 1.82) is 0 Å². The summed E-state index contributed by atoms with van der Waals surface area (Å²) in [7, 11) is 1.41. The summed E-state index contributed by atoms with van der Waals surface area (Å²) in [5.74, 6) is -0.989. The molecule has 0 bridgehead atoms. The maximum Gasteiger partial charge on any atom is 0.328 e. The molecule has 166 valence electrons. The molecule has 1 atom stereocenters. The first-order valence-electron chi connectivity index (χ1n) is 9.89. The van der Waals surface area contributed by atoms with E-state index in [0.29, 0.717) is 13.2 Å². The van der Waals surface area contributed by atoms with E-state index in [-0.39, 0.29) is 6.54 Å². The molecule has 0 aromatic heterocycles. The lowest BCUT2D eigenvalue weighted by Gasteiger charge is -2.13. The molecule has 9 heteroatoms. The van der Waals surface area contributed by atoms with Gasteiger partial charge in [0.25, 0.3) is 0 Å². The second-order valence-corrected chi connectivity index (χ2v) is 6.61. The highest BCUT2D eigenvalue weighted by Gasteiger charge is 2.19. The summed E-state index contributed by atoms with van der Waals surface area (Å²) in [6.45, 7) is 2.93. The molecule has 3 amide bonds. The first-order chi connectivity index (χ1) is 14.4. The van der Waals surface area contributed by atoms with Gasteiger partial charge in [0, 0.05) is 13.1 Å². The van der Waals surface area contributed by atoms with Crippen molar-refractivity contribution in [2.24, 2.45) is 0 Å². The van der Waals surface area contributed by atoms with Gasteiger partial charge >= 0.3 is 12.0 Å². The average molecular weight is 421 g/mol. The number of ether oxygens (including phenoxy) is 2. The summed E-state index contributed by atoms with van der Waals surface area (Å²) in [6.07, 6.45) is 6.13. The molecule has 1 aromatic carbocycles. The summed E-state index contributed by atoms with van der Waals surface area (Å²) < 4.78 is 10.9. The van der Waals surface area contributed by atoms with Crippen molar-refractivity contribution in [3.05, 3.63) is 42.2 Å². The van der Waals surface area contributed by atoms with Crippen LogP contribution in [0.4, 0.5) is 4.79 Å². The number of aryl methyl sites for hydroxylation is 1. The SMILES string of the molecule is CNC(=O)NCC(NC(=O)C=COCCCCCCOc1ccc(C)cc1)C(=O)O. The highest BCUT2D eigenvalue weighted by Crippen LogP contribution is 2.12. The summed E-state index contributed by atoms with van der Waals surface area (Å²) in [5, 5.41) is 16.0. The van der Waals surface area contributed by atoms with Crippen LogP contribution in [0.2, 0.25) is 0 Å². The van der Waals surface area contributed by atoms with E-state index in [1.165, 1.54) is 18.9 Å². The fourth-order valence-electron chi connectivity index (χ4n) is 2.35. The van der Waals surface area contributed by atoms with Gasteiger partial charge in [-0.2, -0.15) is 0 Å². The number of hydrogen-bond acceptors (Lipinski definition) is 5. The van der Waals surface area contributed by atoms with Crippen molar-refractivity contribution in [3.63, 3.8) is 0 Å². The molecular formula is C21H31N3O6. The van der Waals surface area contributed by atoms with Gasteiger partial charge in [-0.25, -0.2) is 9.59 Å². The molecule has 1 aromatic rings. The maximum atomic E-state index is 11.7. The fourth-order valence-corrected chi connectivity index (χ4v) is 2.35.